The number of unbranched alkanes of at least 4 members (excludes halogenated alkanes) is 1. The average Bonchev–Trinajstić information content (AvgIpc) is 2.65. The van der Waals surface area contributed by atoms with Crippen LogP contribution >= 0.6 is 0 Å². The molecular weight excluding hydrogens is 408 g/mol. The highest BCUT2D eigenvalue weighted by molar-refractivity contribution is 5.96. The first kappa shape index (κ1) is 28.3. The molecule has 0 rings (SSSR count). The minimum Gasteiger partial charge on any atom is -0.480 e. The average molecular weight is 445 g/mol. The number of primary amides is 1. The topological polar surface area (TPSA) is 220 Å². The van der Waals surface area contributed by atoms with Crippen LogP contribution in [0.15, 0.2) is 0 Å². The Morgan fingerprint density at radius 1 is 0.871 bits per heavy atom. The van der Waals surface area contributed by atoms with Gasteiger partial charge in [-0.15, -0.1) is 0 Å². The molecule has 0 spiro atoms. The summed E-state index contributed by atoms with van der Waals surface area (Å²) < 4.78 is 0. The van der Waals surface area contributed by atoms with Crippen molar-refractivity contribution in [3.8, 4) is 0 Å². The lowest BCUT2D eigenvalue weighted by Gasteiger charge is -2.25. The van der Waals surface area contributed by atoms with Gasteiger partial charge in [0.2, 0.25) is 23.6 Å². The largest absolute Gasteiger partial charge is 0.480 e. The van der Waals surface area contributed by atoms with Crippen LogP contribution in [0.25, 0.3) is 0 Å². The SMILES string of the molecule is CC(C)CC(NC(=O)C(N)CCCCN)C(=O)NC(CC(N)=O)C(=O)NC(C)C(=O)O. The van der Waals surface area contributed by atoms with Gasteiger partial charge in [0.25, 0.3) is 0 Å². The van der Waals surface area contributed by atoms with E-state index >= 15 is 0 Å². The molecule has 12 nitrogen and oxygen atoms in total. The fourth-order valence-electron chi connectivity index (χ4n) is 2.68. The van der Waals surface area contributed by atoms with Crippen molar-refractivity contribution in [2.75, 3.05) is 6.54 Å². The van der Waals surface area contributed by atoms with E-state index in [0.717, 1.165) is 6.42 Å². The molecule has 0 aromatic rings. The van der Waals surface area contributed by atoms with Crippen LogP contribution in [0.3, 0.4) is 0 Å². The minimum atomic E-state index is -1.39. The van der Waals surface area contributed by atoms with Gasteiger partial charge in [0, 0.05) is 0 Å². The first-order chi connectivity index (χ1) is 14.4. The summed E-state index contributed by atoms with van der Waals surface area (Å²) in [5.41, 5.74) is 16.4. The van der Waals surface area contributed by atoms with E-state index in [1.165, 1.54) is 6.92 Å². The normalized spacial score (nSPS) is 14.8. The van der Waals surface area contributed by atoms with Crippen LogP contribution in [0.5, 0.6) is 0 Å². The maximum absolute atomic E-state index is 12.8. The van der Waals surface area contributed by atoms with Crippen molar-refractivity contribution in [3.63, 3.8) is 0 Å². The van der Waals surface area contributed by atoms with Gasteiger partial charge in [0.15, 0.2) is 0 Å². The molecule has 4 unspecified atom stereocenters. The number of carbonyl (C=O) groups is 5. The summed E-state index contributed by atoms with van der Waals surface area (Å²) in [7, 11) is 0. The molecule has 0 aromatic heterocycles. The van der Waals surface area contributed by atoms with Crippen LogP contribution in [0, 0.1) is 5.92 Å². The predicted octanol–water partition coefficient (Wildman–Crippen LogP) is -2.08. The Hall–Kier alpha value is -2.73. The summed E-state index contributed by atoms with van der Waals surface area (Å²) in [4.78, 5) is 59.8. The first-order valence-electron chi connectivity index (χ1n) is 10.3. The van der Waals surface area contributed by atoms with Gasteiger partial charge in [0.1, 0.15) is 18.1 Å². The second-order valence-corrected chi connectivity index (χ2v) is 7.88. The number of carboxylic acids is 1. The molecule has 10 N–H and O–H groups in total. The van der Waals surface area contributed by atoms with E-state index < -0.39 is 60.2 Å². The van der Waals surface area contributed by atoms with Crippen molar-refractivity contribution >= 4 is 29.6 Å². The van der Waals surface area contributed by atoms with Gasteiger partial charge in [-0.05, 0) is 38.6 Å². The minimum absolute atomic E-state index is 0.0139. The van der Waals surface area contributed by atoms with Gasteiger partial charge in [-0.1, -0.05) is 20.3 Å². The van der Waals surface area contributed by atoms with Crippen LogP contribution in [0.1, 0.15) is 52.9 Å². The Morgan fingerprint density at radius 3 is 1.90 bits per heavy atom. The molecule has 0 bridgehead atoms. The Labute approximate surface area is 182 Å². The number of hydrogen-bond donors (Lipinski definition) is 7. The lowest BCUT2D eigenvalue weighted by molar-refractivity contribution is -0.142. The zero-order valence-corrected chi connectivity index (χ0v) is 18.3. The zero-order valence-electron chi connectivity index (χ0n) is 18.3. The molecule has 0 aliphatic rings. The van der Waals surface area contributed by atoms with Gasteiger partial charge in [0.05, 0.1) is 12.5 Å². The number of rotatable bonds is 15. The van der Waals surface area contributed by atoms with E-state index in [2.05, 4.69) is 16.0 Å². The van der Waals surface area contributed by atoms with E-state index in [0.29, 0.717) is 19.4 Å². The zero-order chi connectivity index (χ0) is 24.1. The Balaban J connectivity index is 5.28. The molecule has 0 fully saturated rings. The molecule has 12 heteroatoms. The van der Waals surface area contributed by atoms with Crippen molar-refractivity contribution in [2.45, 2.75) is 77.0 Å². The van der Waals surface area contributed by atoms with E-state index in [1.54, 1.807) is 0 Å². The molecule has 0 aromatic carbocycles. The van der Waals surface area contributed by atoms with E-state index in [-0.39, 0.29) is 12.3 Å². The summed E-state index contributed by atoms with van der Waals surface area (Å²) in [6.45, 7) is 5.40. The van der Waals surface area contributed by atoms with Crippen LogP contribution in [0.4, 0.5) is 0 Å². The van der Waals surface area contributed by atoms with Gasteiger partial charge in [-0.2, -0.15) is 0 Å². The lowest BCUT2D eigenvalue weighted by atomic mass is 10.0. The number of nitrogens with one attached hydrogen (secondary N) is 3. The predicted molar refractivity (Wildman–Crippen MR) is 113 cm³/mol. The molecule has 0 heterocycles. The van der Waals surface area contributed by atoms with Crippen molar-refractivity contribution in [1.29, 1.82) is 0 Å². The highest BCUT2D eigenvalue weighted by Crippen LogP contribution is 2.08. The first-order valence-corrected chi connectivity index (χ1v) is 10.3. The van der Waals surface area contributed by atoms with Crippen molar-refractivity contribution < 1.29 is 29.1 Å². The van der Waals surface area contributed by atoms with Gasteiger partial charge in [-0.3, -0.25) is 24.0 Å². The molecule has 4 atom stereocenters. The fourth-order valence-corrected chi connectivity index (χ4v) is 2.68. The molecule has 0 saturated carbocycles. The summed E-state index contributed by atoms with van der Waals surface area (Å²) >= 11 is 0. The van der Waals surface area contributed by atoms with E-state index in [1.807, 2.05) is 13.8 Å². The molecule has 4 amide bonds. The monoisotopic (exact) mass is 444 g/mol. The molecule has 178 valence electrons. The number of carboxylic acid groups (broad SMARTS) is 1. The van der Waals surface area contributed by atoms with E-state index in [9.17, 15) is 24.0 Å². The standard InChI is InChI=1S/C19H36N6O6/c1-10(2)8-13(24-16(27)12(21)6-4-5-7-20)18(29)25-14(9-15(22)26)17(28)23-11(3)19(30)31/h10-14H,4-9,20-21H2,1-3H3,(H2,22,26)(H,23,28)(H,24,27)(H,25,29)(H,30,31). The molecular formula is C19H36N6O6. The molecule has 31 heavy (non-hydrogen) atoms. The van der Waals surface area contributed by atoms with Crippen molar-refractivity contribution in [3.05, 3.63) is 0 Å². The Kier molecular flexibility index (Phi) is 13.0. The third-order valence-electron chi connectivity index (χ3n) is 4.41. The third kappa shape index (κ3) is 11.9. The smallest absolute Gasteiger partial charge is 0.325 e. The van der Waals surface area contributed by atoms with Crippen molar-refractivity contribution in [1.82, 2.24) is 16.0 Å². The van der Waals surface area contributed by atoms with Gasteiger partial charge in [-0.25, -0.2) is 0 Å². The van der Waals surface area contributed by atoms with Crippen LogP contribution in [-0.4, -0.2) is 65.4 Å². The summed E-state index contributed by atoms with van der Waals surface area (Å²) in [6.07, 6.45) is 1.50. The number of nitrogens with two attached hydrogens (primary N) is 3. The second kappa shape index (κ2) is 14.3. The second-order valence-electron chi connectivity index (χ2n) is 7.88. The maximum Gasteiger partial charge on any atom is 0.325 e. The molecule has 0 radical (unpaired) electrons. The summed E-state index contributed by atoms with van der Waals surface area (Å²) in [6, 6.07) is -4.46. The fraction of sp³-hybridized carbons (Fsp3) is 0.737. The highest BCUT2D eigenvalue weighted by Gasteiger charge is 2.30. The number of carbonyl (C=O) groups excluding carboxylic acids is 4. The summed E-state index contributed by atoms with van der Waals surface area (Å²) in [5, 5.41) is 16.1. The van der Waals surface area contributed by atoms with Crippen LogP contribution in [0.2, 0.25) is 0 Å². The number of amides is 4. The van der Waals surface area contributed by atoms with Crippen LogP contribution in [-0.2, 0) is 24.0 Å². The van der Waals surface area contributed by atoms with Crippen molar-refractivity contribution in [2.24, 2.45) is 23.1 Å². The highest BCUT2D eigenvalue weighted by atomic mass is 16.4. The van der Waals surface area contributed by atoms with E-state index in [4.69, 9.17) is 22.3 Å². The van der Waals surface area contributed by atoms with Crippen LogP contribution < -0.4 is 33.2 Å². The quantitative estimate of drug-likeness (QED) is 0.139. The van der Waals surface area contributed by atoms with Gasteiger partial charge < -0.3 is 38.3 Å². The summed E-state index contributed by atoms with van der Waals surface area (Å²) in [5.74, 6) is -4.25. The van der Waals surface area contributed by atoms with Gasteiger partial charge >= 0.3 is 5.97 Å². The molecule has 0 aliphatic carbocycles. The third-order valence-corrected chi connectivity index (χ3v) is 4.41. The lowest BCUT2D eigenvalue weighted by Crippen LogP contribution is -2.57. The number of aliphatic carboxylic acids is 1. The Bertz CT molecular complexity index is 641. The maximum atomic E-state index is 12.8. The number of hydrogen-bond acceptors (Lipinski definition) is 7. The molecule has 0 aliphatic heterocycles. The molecule has 0 saturated heterocycles. The Morgan fingerprint density at radius 2 is 1.42 bits per heavy atom.